The van der Waals surface area contributed by atoms with Crippen molar-refractivity contribution in [3.63, 3.8) is 0 Å². The number of nitrogens with zero attached hydrogens (tertiary/aromatic N) is 2. The number of ether oxygens (including phenoxy) is 1. The zero-order valence-electron chi connectivity index (χ0n) is 13.8. The lowest BCUT2D eigenvalue weighted by Crippen LogP contribution is -2.36. The second-order valence-corrected chi connectivity index (χ2v) is 6.35. The van der Waals surface area contributed by atoms with E-state index in [-0.39, 0.29) is 6.10 Å². The molecule has 2 aromatic rings. The highest BCUT2D eigenvalue weighted by Crippen LogP contribution is 2.27. The van der Waals surface area contributed by atoms with E-state index >= 15 is 0 Å². The summed E-state index contributed by atoms with van der Waals surface area (Å²) in [5.41, 5.74) is 3.41. The number of aliphatic hydroxyl groups is 1. The highest BCUT2D eigenvalue weighted by Gasteiger charge is 2.23. The number of hydrogen-bond acceptors (Lipinski definition) is 4. The van der Waals surface area contributed by atoms with Crippen molar-refractivity contribution in [3.05, 3.63) is 36.0 Å². The average Bonchev–Trinajstić information content (AvgIpc) is 3.03. The fourth-order valence-corrected chi connectivity index (χ4v) is 3.27. The van der Waals surface area contributed by atoms with E-state index < -0.39 is 0 Å². The van der Waals surface area contributed by atoms with Gasteiger partial charge in [-0.3, -0.25) is 10.00 Å². The number of methoxy groups -OCH3 is 1. The third-order valence-corrected chi connectivity index (χ3v) is 4.80. The minimum absolute atomic E-state index is 0.194. The van der Waals surface area contributed by atoms with Crippen LogP contribution in [0.2, 0.25) is 0 Å². The van der Waals surface area contributed by atoms with Gasteiger partial charge in [-0.25, -0.2) is 0 Å². The standard InChI is InChI=1S/C18H25N3O2/c1-13(22)14-7-9-21(10-8-14)12-16-11-19-20-18(16)15-3-5-17(23-2)6-4-15/h3-6,11,13-14,22H,7-10,12H2,1-2H3,(H,19,20). The van der Waals surface area contributed by atoms with E-state index in [0.29, 0.717) is 5.92 Å². The molecule has 124 valence electrons. The molecule has 0 amide bonds. The molecule has 0 saturated carbocycles. The lowest BCUT2D eigenvalue weighted by molar-refractivity contribution is 0.0696. The van der Waals surface area contributed by atoms with E-state index in [4.69, 9.17) is 4.74 Å². The van der Waals surface area contributed by atoms with Gasteiger partial charge in [0.05, 0.1) is 25.1 Å². The Morgan fingerprint density at radius 3 is 2.61 bits per heavy atom. The van der Waals surface area contributed by atoms with Crippen molar-refractivity contribution in [1.82, 2.24) is 15.1 Å². The smallest absolute Gasteiger partial charge is 0.118 e. The predicted molar refractivity (Wildman–Crippen MR) is 90.3 cm³/mol. The van der Waals surface area contributed by atoms with Crippen LogP contribution in [0.25, 0.3) is 11.3 Å². The van der Waals surface area contributed by atoms with Crippen molar-refractivity contribution < 1.29 is 9.84 Å². The molecule has 1 aliphatic rings. The van der Waals surface area contributed by atoms with Gasteiger partial charge in [-0.1, -0.05) is 0 Å². The molecule has 5 nitrogen and oxygen atoms in total. The maximum absolute atomic E-state index is 9.71. The van der Waals surface area contributed by atoms with Crippen LogP contribution in [0, 0.1) is 5.92 Å². The van der Waals surface area contributed by atoms with Crippen molar-refractivity contribution in [3.8, 4) is 17.0 Å². The molecule has 0 radical (unpaired) electrons. The van der Waals surface area contributed by atoms with Crippen molar-refractivity contribution in [2.45, 2.75) is 32.4 Å². The van der Waals surface area contributed by atoms with Crippen LogP contribution in [0.15, 0.2) is 30.5 Å². The molecular formula is C18H25N3O2. The predicted octanol–water partition coefficient (Wildman–Crippen LogP) is 2.68. The summed E-state index contributed by atoms with van der Waals surface area (Å²) in [6.07, 6.45) is 3.85. The van der Waals surface area contributed by atoms with E-state index in [2.05, 4.69) is 27.2 Å². The van der Waals surface area contributed by atoms with Gasteiger partial charge in [0.1, 0.15) is 5.75 Å². The lowest BCUT2D eigenvalue weighted by atomic mass is 9.92. The molecule has 2 N–H and O–H groups in total. The molecule has 1 aliphatic heterocycles. The minimum Gasteiger partial charge on any atom is -0.497 e. The number of hydrogen-bond donors (Lipinski definition) is 2. The molecule has 1 aromatic heterocycles. The topological polar surface area (TPSA) is 61.4 Å². The van der Waals surface area contributed by atoms with Gasteiger partial charge in [0, 0.05) is 17.7 Å². The quantitative estimate of drug-likeness (QED) is 0.890. The molecule has 0 spiro atoms. The minimum atomic E-state index is -0.194. The van der Waals surface area contributed by atoms with Crippen molar-refractivity contribution >= 4 is 0 Å². The second kappa shape index (κ2) is 7.15. The number of H-pyrrole nitrogens is 1. The van der Waals surface area contributed by atoms with Gasteiger partial charge in [0.25, 0.3) is 0 Å². The normalized spacial score (nSPS) is 18.0. The largest absolute Gasteiger partial charge is 0.497 e. The van der Waals surface area contributed by atoms with Crippen LogP contribution in [0.3, 0.4) is 0 Å². The highest BCUT2D eigenvalue weighted by molar-refractivity contribution is 5.63. The first-order valence-corrected chi connectivity index (χ1v) is 8.24. The Morgan fingerprint density at radius 2 is 2.00 bits per heavy atom. The van der Waals surface area contributed by atoms with Gasteiger partial charge in [0.2, 0.25) is 0 Å². The molecule has 5 heteroatoms. The molecule has 2 heterocycles. The third-order valence-electron chi connectivity index (χ3n) is 4.80. The summed E-state index contributed by atoms with van der Waals surface area (Å²) in [5, 5.41) is 17.1. The number of aromatic nitrogens is 2. The Hall–Kier alpha value is -1.85. The number of nitrogens with one attached hydrogen (secondary N) is 1. The maximum atomic E-state index is 9.71. The van der Waals surface area contributed by atoms with E-state index in [1.165, 1.54) is 5.56 Å². The van der Waals surface area contributed by atoms with E-state index in [1.54, 1.807) is 7.11 Å². The van der Waals surface area contributed by atoms with Crippen LogP contribution in [-0.4, -0.2) is 46.5 Å². The monoisotopic (exact) mass is 315 g/mol. The van der Waals surface area contributed by atoms with Crippen molar-refractivity contribution in [1.29, 1.82) is 0 Å². The zero-order valence-corrected chi connectivity index (χ0v) is 13.8. The molecule has 1 saturated heterocycles. The molecule has 0 aliphatic carbocycles. The summed E-state index contributed by atoms with van der Waals surface area (Å²) in [4.78, 5) is 2.44. The number of aromatic amines is 1. The Labute approximate surface area is 137 Å². The van der Waals surface area contributed by atoms with E-state index in [1.807, 2.05) is 25.3 Å². The first kappa shape index (κ1) is 16.0. The van der Waals surface area contributed by atoms with Crippen LogP contribution in [0.1, 0.15) is 25.3 Å². The average molecular weight is 315 g/mol. The van der Waals surface area contributed by atoms with Crippen LogP contribution in [0.5, 0.6) is 5.75 Å². The Kier molecular flexibility index (Phi) is 4.98. The summed E-state index contributed by atoms with van der Waals surface area (Å²) in [7, 11) is 1.67. The van der Waals surface area contributed by atoms with Crippen molar-refractivity contribution in [2.75, 3.05) is 20.2 Å². The molecule has 23 heavy (non-hydrogen) atoms. The van der Waals surface area contributed by atoms with Gasteiger partial charge < -0.3 is 9.84 Å². The molecule has 1 unspecified atom stereocenters. The Bertz CT molecular complexity index is 613. The van der Waals surface area contributed by atoms with Gasteiger partial charge in [-0.2, -0.15) is 5.10 Å². The molecule has 1 fully saturated rings. The molecule has 0 bridgehead atoms. The fraction of sp³-hybridized carbons (Fsp3) is 0.500. The third kappa shape index (κ3) is 3.74. The summed E-state index contributed by atoms with van der Waals surface area (Å²) in [5.74, 6) is 1.30. The fourth-order valence-electron chi connectivity index (χ4n) is 3.27. The van der Waals surface area contributed by atoms with Crippen LogP contribution in [-0.2, 0) is 6.54 Å². The van der Waals surface area contributed by atoms with Crippen LogP contribution < -0.4 is 4.74 Å². The first-order chi connectivity index (χ1) is 11.2. The second-order valence-electron chi connectivity index (χ2n) is 6.35. The number of piperidine rings is 1. The lowest BCUT2D eigenvalue weighted by Gasteiger charge is -2.33. The van der Waals surface area contributed by atoms with E-state index in [9.17, 15) is 5.11 Å². The van der Waals surface area contributed by atoms with Crippen molar-refractivity contribution in [2.24, 2.45) is 5.92 Å². The molecule has 1 atom stereocenters. The van der Waals surface area contributed by atoms with Gasteiger partial charge in [0.15, 0.2) is 0 Å². The Morgan fingerprint density at radius 1 is 1.30 bits per heavy atom. The summed E-state index contributed by atoms with van der Waals surface area (Å²) >= 11 is 0. The SMILES string of the molecule is COc1ccc(-c2[nH]ncc2CN2CCC(C(C)O)CC2)cc1. The zero-order chi connectivity index (χ0) is 16.2. The molecule has 3 rings (SSSR count). The maximum Gasteiger partial charge on any atom is 0.118 e. The number of aliphatic hydroxyl groups excluding tert-OH is 1. The summed E-state index contributed by atoms with van der Waals surface area (Å²) in [6, 6.07) is 8.03. The summed E-state index contributed by atoms with van der Waals surface area (Å²) in [6.45, 7) is 4.86. The van der Waals surface area contributed by atoms with Gasteiger partial charge >= 0.3 is 0 Å². The molecular weight excluding hydrogens is 290 g/mol. The first-order valence-electron chi connectivity index (χ1n) is 8.24. The van der Waals surface area contributed by atoms with Crippen LogP contribution >= 0.6 is 0 Å². The number of benzene rings is 1. The summed E-state index contributed by atoms with van der Waals surface area (Å²) < 4.78 is 5.21. The van der Waals surface area contributed by atoms with Crippen LogP contribution in [0.4, 0.5) is 0 Å². The van der Waals surface area contributed by atoms with E-state index in [0.717, 1.165) is 49.5 Å². The molecule has 1 aromatic carbocycles. The Balaban J connectivity index is 1.67. The number of rotatable bonds is 5. The van der Waals surface area contributed by atoms with Gasteiger partial charge in [-0.05, 0) is 63.0 Å². The van der Waals surface area contributed by atoms with Gasteiger partial charge in [-0.15, -0.1) is 0 Å². The highest BCUT2D eigenvalue weighted by atomic mass is 16.5. The number of likely N-dealkylation sites (tertiary alicyclic amines) is 1.